The highest BCUT2D eigenvalue weighted by Gasteiger charge is 2.80. The molecule has 3 saturated carbocycles. The number of halogens is 2. The summed E-state index contributed by atoms with van der Waals surface area (Å²) in [5.74, 6) is -2.22. The summed E-state index contributed by atoms with van der Waals surface area (Å²) in [6.45, 7) is 13.7. The van der Waals surface area contributed by atoms with Crippen LogP contribution in [-0.2, 0) is 23.5 Å². The lowest BCUT2D eigenvalue weighted by Gasteiger charge is -2.63. The van der Waals surface area contributed by atoms with E-state index in [9.17, 15) is 14.7 Å². The highest BCUT2D eigenvalue weighted by molar-refractivity contribution is 7.99. The van der Waals surface area contributed by atoms with E-state index in [0.29, 0.717) is 5.69 Å². The molecule has 7 rings (SSSR count). The molecule has 0 bridgehead atoms. The van der Waals surface area contributed by atoms with E-state index in [1.165, 1.54) is 18.2 Å². The zero-order chi connectivity index (χ0) is 36.9. The summed E-state index contributed by atoms with van der Waals surface area (Å²) in [6, 6.07) is 15.4. The van der Waals surface area contributed by atoms with Gasteiger partial charge in [-0.15, -0.1) is 0 Å². The quantitative estimate of drug-likeness (QED) is 0.217. The first kappa shape index (κ1) is 36.7. The Balaban J connectivity index is 1.24. The van der Waals surface area contributed by atoms with Crippen molar-refractivity contribution >= 4 is 37.3 Å². The lowest BCUT2D eigenvalue weighted by Crippen LogP contribution is -2.71. The van der Waals surface area contributed by atoms with Gasteiger partial charge in [0.15, 0.2) is 37.4 Å². The van der Waals surface area contributed by atoms with Crippen LogP contribution < -0.4 is 5.73 Å². The number of ketones is 2. The molecule has 10 atom stereocenters. The summed E-state index contributed by atoms with van der Waals surface area (Å²) in [6.07, 6.45) is -1.03. The first-order chi connectivity index (χ1) is 23.8. The second kappa shape index (κ2) is 12.2. The number of fused-ring (bicyclic) bond motifs is 7. The van der Waals surface area contributed by atoms with Crippen molar-refractivity contribution in [1.82, 2.24) is 0 Å². The Morgan fingerprint density at radius 3 is 2.31 bits per heavy atom. The molecule has 4 fully saturated rings. The maximum atomic E-state index is 17.9. The summed E-state index contributed by atoms with van der Waals surface area (Å²) in [5, 5.41) is 11.8. The summed E-state index contributed by atoms with van der Waals surface area (Å²) < 4.78 is 54.1. The van der Waals surface area contributed by atoms with Crippen LogP contribution >= 0.6 is 11.8 Å². The van der Waals surface area contributed by atoms with Crippen LogP contribution in [0.15, 0.2) is 82.1 Å². The second-order valence-electron chi connectivity index (χ2n) is 17.1. The molecule has 0 unspecified atom stereocenters. The maximum absolute atomic E-state index is 17.9. The number of rotatable bonds is 7. The summed E-state index contributed by atoms with van der Waals surface area (Å²) in [5.41, 5.74) is 0.829. The highest BCUT2D eigenvalue weighted by Crippen LogP contribution is 2.72. The molecule has 1 heterocycles. The van der Waals surface area contributed by atoms with Crippen LogP contribution in [0.3, 0.4) is 0 Å². The minimum Gasteiger partial charge on any atom is -0.409 e. The van der Waals surface area contributed by atoms with E-state index >= 15 is 8.78 Å². The van der Waals surface area contributed by atoms with Crippen LogP contribution in [0.25, 0.3) is 0 Å². The van der Waals surface area contributed by atoms with Crippen molar-refractivity contribution in [1.29, 1.82) is 0 Å². The van der Waals surface area contributed by atoms with Crippen LogP contribution in [0.4, 0.5) is 14.5 Å². The largest absolute Gasteiger partial charge is 0.409 e. The van der Waals surface area contributed by atoms with Crippen LogP contribution in [0.2, 0.25) is 18.1 Å². The first-order valence-electron chi connectivity index (χ1n) is 17.9. The Hall–Kier alpha value is -2.67. The zero-order valence-electron chi connectivity index (χ0n) is 30.4. The van der Waals surface area contributed by atoms with Crippen molar-refractivity contribution in [3.63, 3.8) is 0 Å². The molecule has 0 radical (unpaired) electrons. The van der Waals surface area contributed by atoms with Crippen LogP contribution in [-0.4, -0.2) is 61.2 Å². The number of allylic oxidation sites excluding steroid dienone is 4. The number of nitrogens with two attached hydrogens (primary N) is 1. The fourth-order valence-electron chi connectivity index (χ4n) is 9.53. The van der Waals surface area contributed by atoms with Crippen molar-refractivity contribution in [3.05, 3.63) is 77.9 Å². The molecule has 4 aliphatic carbocycles. The minimum absolute atomic E-state index is 0.0636. The number of ether oxygens (including phenoxy) is 2. The Morgan fingerprint density at radius 1 is 1.06 bits per heavy atom. The number of alkyl halides is 2. The predicted octanol–water partition coefficient (Wildman–Crippen LogP) is 8.09. The van der Waals surface area contributed by atoms with E-state index < -0.39 is 72.7 Å². The van der Waals surface area contributed by atoms with Gasteiger partial charge in [-0.25, -0.2) is 8.78 Å². The van der Waals surface area contributed by atoms with E-state index in [-0.39, 0.29) is 42.3 Å². The average Bonchev–Trinajstić information content (AvgIpc) is 3.56. The molecule has 1 saturated heterocycles. The SMILES string of the molecule is CC(C)(C)[Si](C)(C)OCC(=O)[C@@]12O[C@H](c3ccc(Sc4ccc(N)cc4)cc3)O[C@@H]1C[C@H]1[C@@H]3C[C@H](F)C4=CC(=O)C=C[C@]4(C)[C@@]3(F)[C@@H](O)C[C@@]12C. The van der Waals surface area contributed by atoms with Crippen LogP contribution in [0.1, 0.15) is 65.7 Å². The fourth-order valence-corrected chi connectivity index (χ4v) is 11.3. The van der Waals surface area contributed by atoms with Gasteiger partial charge in [0.1, 0.15) is 6.17 Å². The fraction of sp³-hybridized carbons (Fsp3) is 0.550. The van der Waals surface area contributed by atoms with Crippen molar-refractivity contribution in [2.24, 2.45) is 22.7 Å². The number of hydrogen-bond acceptors (Lipinski definition) is 8. The third kappa shape index (κ3) is 5.39. The molecule has 1 aliphatic heterocycles. The predicted molar refractivity (Wildman–Crippen MR) is 195 cm³/mol. The molecular formula is C40H49F2NO6SSi. The Kier molecular flexibility index (Phi) is 8.76. The van der Waals surface area contributed by atoms with Gasteiger partial charge in [-0.2, -0.15) is 0 Å². The number of benzene rings is 2. The smallest absolute Gasteiger partial charge is 0.192 e. The highest BCUT2D eigenvalue weighted by atomic mass is 32.2. The number of hydrogen-bond donors (Lipinski definition) is 2. The topological polar surface area (TPSA) is 108 Å². The molecule has 0 amide bonds. The number of carbonyl (C=O) groups is 2. The van der Waals surface area contributed by atoms with Gasteiger partial charge in [0.05, 0.1) is 18.8 Å². The maximum Gasteiger partial charge on any atom is 0.192 e. The zero-order valence-corrected chi connectivity index (χ0v) is 32.2. The monoisotopic (exact) mass is 737 g/mol. The molecule has 3 N–H and O–H groups in total. The van der Waals surface area contributed by atoms with E-state index in [1.54, 1.807) is 18.7 Å². The normalized spacial score (nSPS) is 38.8. The van der Waals surface area contributed by atoms with E-state index in [4.69, 9.17) is 19.6 Å². The average molecular weight is 738 g/mol. The third-order valence-corrected chi connectivity index (χ3v) is 18.9. The Bertz CT molecular complexity index is 1790. The molecule has 5 aliphatic rings. The molecule has 274 valence electrons. The molecular weight excluding hydrogens is 689 g/mol. The van der Waals surface area contributed by atoms with Gasteiger partial charge < -0.3 is 24.7 Å². The molecule has 0 aromatic heterocycles. The van der Waals surface area contributed by atoms with E-state index in [1.807, 2.05) is 55.5 Å². The standard InChI is InChI=1S/C40H49F2NO6SSi/c1-36(2,3)51(6,7)47-22-33(46)40-34(48-35(49-40)23-8-12-26(13-9-23)50-27-14-10-24(43)11-15-27)20-28-29-19-31(41)30-18-25(44)16-17-37(30,4)39(29,42)32(45)21-38(28,40)5/h8-18,28-29,31-32,34-35,45H,19-22,43H2,1-7H3/t28-,29-,31-,32-,34+,35+,37-,38-,39-,40+/m0/s1. The molecule has 11 heteroatoms. The Morgan fingerprint density at radius 2 is 1.69 bits per heavy atom. The van der Waals surface area contributed by atoms with E-state index in [2.05, 4.69) is 33.9 Å². The van der Waals surface area contributed by atoms with Gasteiger partial charge in [0, 0.05) is 37.8 Å². The lowest BCUT2D eigenvalue weighted by molar-refractivity contribution is -0.235. The number of carbonyl (C=O) groups excluding carboxylic acids is 2. The molecule has 0 spiro atoms. The third-order valence-electron chi connectivity index (χ3n) is 13.4. The van der Waals surface area contributed by atoms with Crippen LogP contribution in [0, 0.1) is 22.7 Å². The summed E-state index contributed by atoms with van der Waals surface area (Å²) in [7, 11) is -2.38. The van der Waals surface area contributed by atoms with Gasteiger partial charge in [-0.3, -0.25) is 9.59 Å². The number of aliphatic hydroxyl groups is 1. The van der Waals surface area contributed by atoms with Crippen molar-refractivity contribution in [2.45, 2.75) is 118 Å². The number of aliphatic hydroxyl groups excluding tert-OH is 1. The molecule has 2 aromatic carbocycles. The van der Waals surface area contributed by atoms with Crippen molar-refractivity contribution in [3.8, 4) is 0 Å². The van der Waals surface area contributed by atoms with Gasteiger partial charge in [0.2, 0.25) is 0 Å². The van der Waals surface area contributed by atoms with E-state index in [0.717, 1.165) is 15.4 Å². The Labute approximate surface area is 304 Å². The number of anilines is 1. The van der Waals surface area contributed by atoms with Gasteiger partial charge >= 0.3 is 0 Å². The number of Topliss-reactive ketones (excluding diaryl/α,β-unsaturated/α-hetero) is 1. The molecule has 2 aromatic rings. The lowest BCUT2D eigenvalue weighted by atomic mass is 9.44. The number of nitrogen functional groups attached to an aromatic ring is 1. The van der Waals surface area contributed by atoms with Gasteiger partial charge in [0.25, 0.3) is 0 Å². The van der Waals surface area contributed by atoms with Crippen LogP contribution in [0.5, 0.6) is 0 Å². The van der Waals surface area contributed by atoms with Crippen molar-refractivity contribution in [2.75, 3.05) is 12.3 Å². The molecule has 51 heavy (non-hydrogen) atoms. The van der Waals surface area contributed by atoms with Crippen molar-refractivity contribution < 1.29 is 37.4 Å². The molecule has 7 nitrogen and oxygen atoms in total. The van der Waals surface area contributed by atoms with Gasteiger partial charge in [-0.05, 0) is 104 Å². The minimum atomic E-state index is -2.38. The first-order valence-corrected chi connectivity index (χ1v) is 21.6. The van der Waals surface area contributed by atoms with Gasteiger partial charge in [-0.1, -0.05) is 57.7 Å². The second-order valence-corrected chi connectivity index (χ2v) is 23.1. The summed E-state index contributed by atoms with van der Waals surface area (Å²) in [4.78, 5) is 29.2. The summed E-state index contributed by atoms with van der Waals surface area (Å²) >= 11 is 1.59.